The second kappa shape index (κ2) is 6.71. The molecule has 1 aliphatic heterocycles. The summed E-state index contributed by atoms with van der Waals surface area (Å²) >= 11 is 0. The molecular formula is C12H18O8. The lowest BCUT2D eigenvalue weighted by Crippen LogP contribution is -2.49. The molecule has 20 heavy (non-hydrogen) atoms. The summed E-state index contributed by atoms with van der Waals surface area (Å²) in [5.74, 6) is -2.30. The Labute approximate surface area is 115 Å². The SMILES string of the molecule is C=CCOC1=C(O)[C@@](CC(O)CO)([C@@H](O)CO)OC1=O. The number of carbonyl (C=O) groups excluding carboxylic acids is 1. The van der Waals surface area contributed by atoms with Crippen LogP contribution in [0.1, 0.15) is 6.42 Å². The van der Waals surface area contributed by atoms with Crippen LogP contribution >= 0.6 is 0 Å². The number of aliphatic hydroxyl groups excluding tert-OH is 5. The largest absolute Gasteiger partial charge is 0.505 e. The minimum absolute atomic E-state index is 0.0810. The highest BCUT2D eigenvalue weighted by Gasteiger charge is 2.55. The maximum Gasteiger partial charge on any atom is 0.378 e. The molecule has 0 aromatic rings. The lowest BCUT2D eigenvalue weighted by molar-refractivity contribution is -0.170. The number of ether oxygens (including phenoxy) is 2. The van der Waals surface area contributed by atoms with Crippen molar-refractivity contribution in [3.8, 4) is 0 Å². The van der Waals surface area contributed by atoms with E-state index in [1.54, 1.807) is 0 Å². The lowest BCUT2D eigenvalue weighted by atomic mass is 9.88. The highest BCUT2D eigenvalue weighted by Crippen LogP contribution is 2.38. The molecule has 0 fully saturated rings. The van der Waals surface area contributed by atoms with Gasteiger partial charge in [0.25, 0.3) is 0 Å². The Bertz CT molecular complexity index is 404. The molecular weight excluding hydrogens is 272 g/mol. The van der Waals surface area contributed by atoms with Gasteiger partial charge in [0, 0.05) is 6.42 Å². The third-order valence-electron chi connectivity index (χ3n) is 2.88. The Morgan fingerprint density at radius 2 is 2.00 bits per heavy atom. The summed E-state index contributed by atoms with van der Waals surface area (Å²) in [5.41, 5.74) is -2.05. The smallest absolute Gasteiger partial charge is 0.378 e. The normalized spacial score (nSPS) is 25.3. The second-order valence-electron chi connectivity index (χ2n) is 4.30. The summed E-state index contributed by atoms with van der Waals surface area (Å²) in [6.07, 6.45) is -2.22. The molecule has 1 aliphatic rings. The molecule has 0 radical (unpaired) electrons. The molecule has 0 saturated heterocycles. The molecule has 0 spiro atoms. The zero-order valence-electron chi connectivity index (χ0n) is 10.7. The summed E-state index contributed by atoms with van der Waals surface area (Å²) in [5, 5.41) is 47.2. The second-order valence-corrected chi connectivity index (χ2v) is 4.30. The molecule has 0 aromatic heterocycles. The van der Waals surface area contributed by atoms with Gasteiger partial charge in [0.05, 0.1) is 19.3 Å². The lowest BCUT2D eigenvalue weighted by Gasteiger charge is -2.32. The zero-order valence-corrected chi connectivity index (χ0v) is 10.7. The molecule has 5 N–H and O–H groups in total. The molecule has 0 aliphatic carbocycles. The van der Waals surface area contributed by atoms with Crippen LogP contribution in [0, 0.1) is 0 Å². The first-order chi connectivity index (χ1) is 9.42. The quantitative estimate of drug-likeness (QED) is 0.265. The van der Waals surface area contributed by atoms with Crippen LogP contribution in [-0.2, 0) is 14.3 Å². The molecule has 114 valence electrons. The first-order valence-electron chi connectivity index (χ1n) is 5.91. The van der Waals surface area contributed by atoms with E-state index >= 15 is 0 Å². The number of cyclic esters (lactones) is 1. The Balaban J connectivity index is 3.14. The van der Waals surface area contributed by atoms with Crippen molar-refractivity contribution in [3.63, 3.8) is 0 Å². The Hall–Kier alpha value is -1.61. The summed E-state index contributed by atoms with van der Waals surface area (Å²) < 4.78 is 9.83. The van der Waals surface area contributed by atoms with Gasteiger partial charge in [-0.15, -0.1) is 0 Å². The van der Waals surface area contributed by atoms with Gasteiger partial charge in [0.2, 0.25) is 11.4 Å². The van der Waals surface area contributed by atoms with E-state index in [0.29, 0.717) is 0 Å². The molecule has 1 unspecified atom stereocenters. The maximum atomic E-state index is 11.7. The van der Waals surface area contributed by atoms with E-state index in [-0.39, 0.29) is 6.61 Å². The van der Waals surface area contributed by atoms with Crippen molar-refractivity contribution in [2.75, 3.05) is 19.8 Å². The van der Waals surface area contributed by atoms with Gasteiger partial charge in [-0.05, 0) is 0 Å². The van der Waals surface area contributed by atoms with Crippen molar-refractivity contribution in [2.45, 2.75) is 24.2 Å². The highest BCUT2D eigenvalue weighted by atomic mass is 16.6. The standard InChI is InChI=1S/C12H18O8/c1-2-3-19-9-10(17)12(8(16)6-14,20-11(9)18)4-7(15)5-13/h2,7-8,13-17H,1,3-6H2/t7?,8-,12+/m0/s1. The molecule has 0 bridgehead atoms. The number of aliphatic hydroxyl groups is 5. The third-order valence-corrected chi connectivity index (χ3v) is 2.88. The molecule has 8 heteroatoms. The molecule has 3 atom stereocenters. The van der Waals surface area contributed by atoms with Crippen molar-refractivity contribution in [2.24, 2.45) is 0 Å². The Morgan fingerprint density at radius 1 is 1.35 bits per heavy atom. The number of hydrogen-bond donors (Lipinski definition) is 5. The van der Waals surface area contributed by atoms with Gasteiger partial charge in [-0.25, -0.2) is 4.79 Å². The monoisotopic (exact) mass is 290 g/mol. The molecule has 1 heterocycles. The number of hydrogen-bond acceptors (Lipinski definition) is 8. The van der Waals surface area contributed by atoms with Gasteiger partial charge >= 0.3 is 5.97 Å². The fourth-order valence-electron chi connectivity index (χ4n) is 1.88. The maximum absolute atomic E-state index is 11.7. The van der Waals surface area contributed by atoms with Crippen LogP contribution in [0.2, 0.25) is 0 Å². The van der Waals surface area contributed by atoms with Crippen LogP contribution in [0.4, 0.5) is 0 Å². The minimum Gasteiger partial charge on any atom is -0.505 e. The summed E-state index contributed by atoms with van der Waals surface area (Å²) in [6, 6.07) is 0. The summed E-state index contributed by atoms with van der Waals surface area (Å²) in [4.78, 5) is 11.7. The molecule has 0 saturated carbocycles. The first kappa shape index (κ1) is 16.4. The van der Waals surface area contributed by atoms with Gasteiger partial charge < -0.3 is 35.0 Å². The van der Waals surface area contributed by atoms with E-state index in [4.69, 9.17) is 19.7 Å². The molecule has 1 rings (SSSR count). The predicted molar refractivity (Wildman–Crippen MR) is 65.4 cm³/mol. The fraction of sp³-hybridized carbons (Fsp3) is 0.583. The topological polar surface area (TPSA) is 137 Å². The van der Waals surface area contributed by atoms with E-state index in [2.05, 4.69) is 6.58 Å². The third kappa shape index (κ3) is 2.93. The van der Waals surface area contributed by atoms with Crippen molar-refractivity contribution in [3.05, 3.63) is 24.2 Å². The summed E-state index contributed by atoms with van der Waals surface area (Å²) in [6.45, 7) is 1.79. The van der Waals surface area contributed by atoms with Crippen LogP contribution in [0.5, 0.6) is 0 Å². The Kier molecular flexibility index (Phi) is 5.52. The van der Waals surface area contributed by atoms with Crippen LogP contribution in [-0.4, -0.2) is 69.1 Å². The van der Waals surface area contributed by atoms with Crippen LogP contribution in [0.25, 0.3) is 0 Å². The van der Waals surface area contributed by atoms with Crippen molar-refractivity contribution in [1.29, 1.82) is 0 Å². The highest BCUT2D eigenvalue weighted by molar-refractivity contribution is 5.90. The number of rotatable bonds is 8. The van der Waals surface area contributed by atoms with Gasteiger partial charge in [-0.1, -0.05) is 12.7 Å². The average Bonchev–Trinajstić information content (AvgIpc) is 2.67. The zero-order chi connectivity index (χ0) is 15.3. The van der Waals surface area contributed by atoms with Crippen molar-refractivity contribution >= 4 is 5.97 Å². The minimum atomic E-state index is -2.05. The summed E-state index contributed by atoms with van der Waals surface area (Å²) in [7, 11) is 0. The van der Waals surface area contributed by atoms with Crippen LogP contribution < -0.4 is 0 Å². The van der Waals surface area contributed by atoms with E-state index in [0.717, 1.165) is 0 Å². The van der Waals surface area contributed by atoms with Crippen molar-refractivity contribution < 1.29 is 39.8 Å². The van der Waals surface area contributed by atoms with Crippen molar-refractivity contribution in [1.82, 2.24) is 0 Å². The predicted octanol–water partition coefficient (Wildman–Crippen LogP) is -1.65. The number of esters is 1. The van der Waals surface area contributed by atoms with E-state index in [1.807, 2.05) is 0 Å². The number of carbonyl (C=O) groups is 1. The Morgan fingerprint density at radius 3 is 2.50 bits per heavy atom. The van der Waals surface area contributed by atoms with Gasteiger partial charge in [0.15, 0.2) is 5.76 Å². The molecule has 0 amide bonds. The van der Waals surface area contributed by atoms with Crippen LogP contribution in [0.3, 0.4) is 0 Å². The van der Waals surface area contributed by atoms with E-state index in [9.17, 15) is 20.1 Å². The van der Waals surface area contributed by atoms with E-state index < -0.39 is 54.9 Å². The van der Waals surface area contributed by atoms with Crippen LogP contribution in [0.15, 0.2) is 24.2 Å². The average molecular weight is 290 g/mol. The van der Waals surface area contributed by atoms with Gasteiger partial charge in [-0.2, -0.15) is 0 Å². The van der Waals surface area contributed by atoms with Gasteiger partial charge in [0.1, 0.15) is 12.7 Å². The van der Waals surface area contributed by atoms with E-state index in [1.165, 1.54) is 6.08 Å². The van der Waals surface area contributed by atoms with Gasteiger partial charge in [-0.3, -0.25) is 0 Å². The first-order valence-corrected chi connectivity index (χ1v) is 5.91. The fourth-order valence-corrected chi connectivity index (χ4v) is 1.88. The molecule has 8 nitrogen and oxygen atoms in total. The molecule has 0 aromatic carbocycles.